The molecule has 0 aromatic carbocycles. The van der Waals surface area contributed by atoms with Crippen molar-refractivity contribution in [1.29, 1.82) is 0 Å². The van der Waals surface area contributed by atoms with Crippen molar-refractivity contribution >= 4 is 29.8 Å². The number of phosphoric ester groups is 1. The molecule has 0 aliphatic carbocycles. The molecule has 0 saturated carbocycles. The highest BCUT2D eigenvalue weighted by molar-refractivity contribution is 9.09. The highest BCUT2D eigenvalue weighted by Gasteiger charge is 2.35. The number of carbonyl (C=O) groups is 1. The maximum absolute atomic E-state index is 13.1. The number of alkyl halides is 1. The van der Waals surface area contributed by atoms with Crippen LogP contribution in [-0.2, 0) is 37.4 Å². The van der Waals surface area contributed by atoms with Gasteiger partial charge in [-0.05, 0) is 47.5 Å². The number of ether oxygens (including phenoxy) is 2. The molecule has 1 amide bonds. The molecule has 10 nitrogen and oxygen atoms in total. The third-order valence-corrected chi connectivity index (χ3v) is 8.25. The van der Waals surface area contributed by atoms with Gasteiger partial charge in [-0.3, -0.25) is 13.6 Å². The molecule has 0 heterocycles. The fourth-order valence-electron chi connectivity index (χ4n) is 4.14. The number of likely N-dealkylation sites (N-methyl/N-ethyl adjacent to an activating group) is 1. The lowest BCUT2D eigenvalue weighted by Crippen LogP contribution is -2.49. The standard InChI is InChI=1S/C31H61BrNO9P/c1-9-11-12-13-14-15-16-17-18-19-20-21-22-23-29(42-41-27(3)37-10-2)28(33(7)30(34)40-31(4,5)6)26-39-43(35,36-8)38-25-24-32/h22-23,27-29H,9-21,24-26H2,1-8H3/b23-22+/t27?,28-,29+,43?/m0/s1. The molecule has 0 fully saturated rings. The summed E-state index contributed by atoms with van der Waals surface area (Å²) in [6.07, 6.45) is 16.7. The van der Waals surface area contributed by atoms with Gasteiger partial charge in [0.1, 0.15) is 11.7 Å². The van der Waals surface area contributed by atoms with Crippen molar-refractivity contribution in [1.82, 2.24) is 4.90 Å². The van der Waals surface area contributed by atoms with E-state index in [2.05, 4.69) is 22.9 Å². The SMILES string of the molecule is CCCCCCCCCCCCC/C=C/[C@@H](OOC(C)OCC)[C@H](COP(=O)(OC)OCCBr)N(C)C(=O)OC(C)(C)C. The van der Waals surface area contributed by atoms with E-state index in [9.17, 15) is 9.36 Å². The average Bonchev–Trinajstić information content (AvgIpc) is 2.95. The Labute approximate surface area is 270 Å². The zero-order valence-corrected chi connectivity index (χ0v) is 30.6. The highest BCUT2D eigenvalue weighted by atomic mass is 79.9. The Kier molecular flexibility index (Phi) is 25.3. The second-order valence-electron chi connectivity index (χ2n) is 11.5. The first kappa shape index (κ1) is 42.5. The Morgan fingerprint density at radius 3 is 2.02 bits per heavy atom. The van der Waals surface area contributed by atoms with Crippen LogP contribution in [0.3, 0.4) is 0 Å². The molecule has 43 heavy (non-hydrogen) atoms. The normalized spacial score (nSPS) is 15.7. The second-order valence-corrected chi connectivity index (χ2v) is 14.1. The maximum Gasteiger partial charge on any atom is 0.474 e. The van der Waals surface area contributed by atoms with Crippen molar-refractivity contribution in [3.8, 4) is 0 Å². The van der Waals surface area contributed by atoms with E-state index in [1.165, 1.54) is 69.8 Å². The maximum atomic E-state index is 13.1. The first-order chi connectivity index (χ1) is 20.4. The predicted octanol–water partition coefficient (Wildman–Crippen LogP) is 9.36. The Morgan fingerprint density at radius 2 is 1.51 bits per heavy atom. The van der Waals surface area contributed by atoms with Crippen molar-refractivity contribution in [3.63, 3.8) is 0 Å². The van der Waals surface area contributed by atoms with Gasteiger partial charge in [0.15, 0.2) is 6.29 Å². The predicted molar refractivity (Wildman–Crippen MR) is 175 cm³/mol. The van der Waals surface area contributed by atoms with E-state index < -0.39 is 38.0 Å². The molecule has 0 aliphatic rings. The number of halogens is 1. The summed E-state index contributed by atoms with van der Waals surface area (Å²) in [5.41, 5.74) is -0.723. The lowest BCUT2D eigenvalue weighted by atomic mass is 10.0. The molecule has 0 bridgehead atoms. The van der Waals surface area contributed by atoms with Crippen molar-refractivity contribution in [3.05, 3.63) is 12.2 Å². The van der Waals surface area contributed by atoms with E-state index >= 15 is 0 Å². The monoisotopic (exact) mass is 701 g/mol. The molecule has 2 unspecified atom stereocenters. The number of amides is 1. The van der Waals surface area contributed by atoms with Crippen LogP contribution in [-0.4, -0.2) is 74.3 Å². The third-order valence-electron chi connectivity index (χ3n) is 6.52. The summed E-state index contributed by atoms with van der Waals surface area (Å²) in [5, 5.41) is 0.446. The lowest BCUT2D eigenvalue weighted by Gasteiger charge is -2.34. The second kappa shape index (κ2) is 25.6. The summed E-state index contributed by atoms with van der Waals surface area (Å²) < 4.78 is 40.0. The number of hydrogen-bond donors (Lipinski definition) is 0. The Morgan fingerprint density at radius 1 is 0.930 bits per heavy atom. The topological polar surface area (TPSA) is 102 Å². The average molecular weight is 703 g/mol. The lowest BCUT2D eigenvalue weighted by molar-refractivity contribution is -0.391. The largest absolute Gasteiger partial charge is 0.474 e. The number of allylic oxidation sites excluding steroid dienone is 1. The first-order valence-corrected chi connectivity index (χ1v) is 18.6. The van der Waals surface area contributed by atoms with Crippen LogP contribution in [0.1, 0.15) is 119 Å². The fourth-order valence-corrected chi connectivity index (χ4v) is 5.49. The minimum Gasteiger partial charge on any atom is -0.444 e. The van der Waals surface area contributed by atoms with E-state index in [-0.39, 0.29) is 13.2 Å². The highest BCUT2D eigenvalue weighted by Crippen LogP contribution is 2.48. The molecule has 0 saturated heterocycles. The van der Waals surface area contributed by atoms with Gasteiger partial charge in [-0.1, -0.05) is 99.2 Å². The molecule has 12 heteroatoms. The smallest absolute Gasteiger partial charge is 0.444 e. The minimum absolute atomic E-state index is 0.117. The minimum atomic E-state index is -3.88. The van der Waals surface area contributed by atoms with Crippen LogP contribution in [0.15, 0.2) is 12.2 Å². The van der Waals surface area contributed by atoms with E-state index in [1.807, 2.05) is 19.1 Å². The quantitative estimate of drug-likeness (QED) is 0.0158. The zero-order chi connectivity index (χ0) is 32.6. The van der Waals surface area contributed by atoms with Crippen molar-refractivity contribution in [2.75, 3.05) is 39.3 Å². The van der Waals surface area contributed by atoms with Gasteiger partial charge in [0.05, 0.1) is 19.3 Å². The summed E-state index contributed by atoms with van der Waals surface area (Å²) in [5.74, 6) is 0. The number of unbranched alkanes of at least 4 members (excludes halogenated alkanes) is 11. The van der Waals surface area contributed by atoms with Crippen molar-refractivity contribution in [2.24, 2.45) is 0 Å². The van der Waals surface area contributed by atoms with Gasteiger partial charge in [0.25, 0.3) is 0 Å². The van der Waals surface area contributed by atoms with Gasteiger partial charge in [0, 0.05) is 26.1 Å². The fraction of sp³-hybridized carbons (Fsp3) is 0.903. The van der Waals surface area contributed by atoms with Crippen LogP contribution in [0.4, 0.5) is 4.79 Å². The van der Waals surface area contributed by atoms with Crippen molar-refractivity contribution < 1.29 is 42.2 Å². The molecular formula is C31H61BrNO9P. The van der Waals surface area contributed by atoms with E-state index in [1.54, 1.807) is 34.7 Å². The van der Waals surface area contributed by atoms with Crippen LogP contribution in [0, 0.1) is 0 Å². The van der Waals surface area contributed by atoms with Gasteiger partial charge in [0.2, 0.25) is 0 Å². The molecule has 0 spiro atoms. The zero-order valence-electron chi connectivity index (χ0n) is 28.1. The number of phosphoric acid groups is 1. The Bertz CT molecular complexity index is 766. The molecule has 0 radical (unpaired) electrons. The molecule has 0 aromatic heterocycles. The summed E-state index contributed by atoms with van der Waals surface area (Å²) >= 11 is 3.24. The van der Waals surface area contributed by atoms with E-state index in [0.717, 1.165) is 19.3 Å². The Balaban J connectivity index is 5.42. The van der Waals surface area contributed by atoms with Gasteiger partial charge in [-0.25, -0.2) is 19.1 Å². The van der Waals surface area contributed by atoms with Crippen molar-refractivity contribution in [2.45, 2.75) is 143 Å². The summed E-state index contributed by atoms with van der Waals surface area (Å²) in [6, 6.07) is -0.798. The molecular weight excluding hydrogens is 641 g/mol. The summed E-state index contributed by atoms with van der Waals surface area (Å²) in [6.45, 7) is 11.5. The Hall–Kier alpha value is -0.520. The van der Waals surface area contributed by atoms with Gasteiger partial charge < -0.3 is 14.4 Å². The molecule has 256 valence electrons. The number of carbonyl (C=O) groups excluding carboxylic acids is 1. The van der Waals surface area contributed by atoms with Gasteiger partial charge in [-0.2, -0.15) is 0 Å². The summed E-state index contributed by atoms with van der Waals surface area (Å²) in [7, 11) is -1.07. The number of nitrogens with zero attached hydrogens (tertiary/aromatic N) is 1. The molecule has 0 N–H and O–H groups in total. The summed E-state index contributed by atoms with van der Waals surface area (Å²) in [4.78, 5) is 25.7. The van der Waals surface area contributed by atoms with Crippen LogP contribution in [0.2, 0.25) is 0 Å². The van der Waals surface area contributed by atoms with Crippen LogP contribution >= 0.6 is 23.8 Å². The molecule has 4 atom stereocenters. The molecule has 0 rings (SSSR count). The first-order valence-electron chi connectivity index (χ1n) is 16.0. The van der Waals surface area contributed by atoms with Crippen LogP contribution in [0.25, 0.3) is 0 Å². The molecule has 0 aromatic rings. The van der Waals surface area contributed by atoms with Gasteiger partial charge >= 0.3 is 13.9 Å². The van der Waals surface area contributed by atoms with E-state index in [4.69, 9.17) is 32.8 Å². The third kappa shape index (κ3) is 22.6. The number of rotatable bonds is 27. The molecule has 0 aliphatic heterocycles. The van der Waals surface area contributed by atoms with Gasteiger partial charge in [-0.15, -0.1) is 0 Å². The van der Waals surface area contributed by atoms with Crippen LogP contribution in [0.5, 0.6) is 0 Å². The van der Waals surface area contributed by atoms with E-state index in [0.29, 0.717) is 11.9 Å². The van der Waals surface area contributed by atoms with Crippen LogP contribution < -0.4 is 0 Å². The number of hydrogen-bond acceptors (Lipinski definition) is 9.